The summed E-state index contributed by atoms with van der Waals surface area (Å²) in [5.74, 6) is 0.649. The Bertz CT molecular complexity index is 381. The number of rotatable bonds is 4. The van der Waals surface area contributed by atoms with Gasteiger partial charge >= 0.3 is 0 Å². The molecule has 1 saturated carbocycles. The molecule has 1 fully saturated rings. The van der Waals surface area contributed by atoms with Gasteiger partial charge in [0.25, 0.3) is 0 Å². The van der Waals surface area contributed by atoms with Crippen LogP contribution in [0.25, 0.3) is 0 Å². The summed E-state index contributed by atoms with van der Waals surface area (Å²) in [4.78, 5) is 10.3. The third-order valence-corrected chi connectivity index (χ3v) is 3.99. The maximum absolute atomic E-state index is 10.3. The summed E-state index contributed by atoms with van der Waals surface area (Å²) in [7, 11) is 0. The van der Waals surface area contributed by atoms with Gasteiger partial charge in [0.2, 0.25) is 0 Å². The van der Waals surface area contributed by atoms with Crippen LogP contribution in [-0.4, -0.2) is 6.29 Å². The van der Waals surface area contributed by atoms with Crippen molar-refractivity contribution < 1.29 is 4.79 Å². The van der Waals surface area contributed by atoms with E-state index < -0.39 is 0 Å². The van der Waals surface area contributed by atoms with Crippen LogP contribution in [0.15, 0.2) is 18.2 Å². The quantitative estimate of drug-likeness (QED) is 0.718. The van der Waals surface area contributed by atoms with Gasteiger partial charge in [-0.1, -0.05) is 43.0 Å². The van der Waals surface area contributed by atoms with Gasteiger partial charge in [-0.25, -0.2) is 0 Å². The van der Waals surface area contributed by atoms with Crippen LogP contribution >= 0.6 is 11.6 Å². The summed E-state index contributed by atoms with van der Waals surface area (Å²) in [6, 6.07) is 6.33. The van der Waals surface area contributed by atoms with E-state index in [2.05, 4.69) is 12.1 Å². The van der Waals surface area contributed by atoms with Crippen LogP contribution in [0.4, 0.5) is 0 Å². The third-order valence-electron chi connectivity index (χ3n) is 3.66. The number of carbonyl (C=O) groups is 1. The van der Waals surface area contributed by atoms with E-state index in [9.17, 15) is 4.79 Å². The lowest BCUT2D eigenvalue weighted by Gasteiger charge is -2.23. The number of aldehydes is 1. The van der Waals surface area contributed by atoms with Crippen LogP contribution < -0.4 is 0 Å². The molecule has 2 heteroatoms. The Kier molecular flexibility index (Phi) is 4.61. The highest BCUT2D eigenvalue weighted by Gasteiger charge is 2.17. The average molecular weight is 251 g/mol. The Hall–Kier alpha value is -0.820. The molecule has 0 saturated heterocycles. The van der Waals surface area contributed by atoms with Crippen molar-refractivity contribution in [3.8, 4) is 0 Å². The molecular weight excluding hydrogens is 232 g/mol. The fraction of sp³-hybridized carbons (Fsp3) is 0.533. The van der Waals surface area contributed by atoms with Gasteiger partial charge in [-0.2, -0.15) is 0 Å². The Labute approximate surface area is 108 Å². The van der Waals surface area contributed by atoms with Crippen molar-refractivity contribution in [2.24, 2.45) is 0 Å². The van der Waals surface area contributed by atoms with E-state index in [0.717, 1.165) is 17.7 Å². The van der Waals surface area contributed by atoms with E-state index in [-0.39, 0.29) is 0 Å². The Morgan fingerprint density at radius 3 is 2.65 bits per heavy atom. The molecule has 0 amide bonds. The standard InChI is InChI=1S/C15H19ClO/c16-15-11-12(5-4-10-17)8-9-14(15)13-6-2-1-3-7-13/h8-11,13H,1-7H2. The van der Waals surface area contributed by atoms with Gasteiger partial charge in [0.1, 0.15) is 6.29 Å². The highest BCUT2D eigenvalue weighted by Crippen LogP contribution is 2.36. The fourth-order valence-corrected chi connectivity index (χ4v) is 3.05. The summed E-state index contributed by atoms with van der Waals surface area (Å²) in [5.41, 5.74) is 2.47. The summed E-state index contributed by atoms with van der Waals surface area (Å²) in [6.45, 7) is 0. The zero-order chi connectivity index (χ0) is 12.1. The SMILES string of the molecule is O=CCCc1ccc(C2CCCCC2)c(Cl)c1. The minimum Gasteiger partial charge on any atom is -0.303 e. The lowest BCUT2D eigenvalue weighted by Crippen LogP contribution is -2.05. The maximum atomic E-state index is 10.3. The van der Waals surface area contributed by atoms with Gasteiger partial charge < -0.3 is 4.79 Å². The van der Waals surface area contributed by atoms with Gasteiger partial charge in [0.15, 0.2) is 0 Å². The molecule has 1 aromatic rings. The lowest BCUT2D eigenvalue weighted by atomic mass is 9.84. The molecule has 0 atom stereocenters. The number of benzene rings is 1. The average Bonchev–Trinajstić information content (AvgIpc) is 2.37. The molecule has 92 valence electrons. The summed E-state index contributed by atoms with van der Waals surface area (Å²) < 4.78 is 0. The van der Waals surface area contributed by atoms with Crippen LogP contribution in [0.5, 0.6) is 0 Å². The van der Waals surface area contributed by atoms with E-state index in [1.54, 1.807) is 0 Å². The topological polar surface area (TPSA) is 17.1 Å². The maximum Gasteiger partial charge on any atom is 0.120 e. The molecule has 0 radical (unpaired) electrons. The van der Waals surface area contributed by atoms with E-state index in [1.165, 1.54) is 43.2 Å². The Morgan fingerprint density at radius 2 is 2.00 bits per heavy atom. The van der Waals surface area contributed by atoms with Gasteiger partial charge in [-0.05, 0) is 42.4 Å². The van der Waals surface area contributed by atoms with Crippen LogP contribution in [0.3, 0.4) is 0 Å². The van der Waals surface area contributed by atoms with Crippen LogP contribution in [-0.2, 0) is 11.2 Å². The molecule has 17 heavy (non-hydrogen) atoms. The molecule has 0 bridgehead atoms. The molecule has 2 rings (SSSR count). The molecule has 0 aromatic heterocycles. The normalized spacial score (nSPS) is 17.0. The van der Waals surface area contributed by atoms with E-state index in [1.807, 2.05) is 6.07 Å². The first-order chi connectivity index (χ1) is 8.31. The predicted octanol–water partition coefficient (Wildman–Crippen LogP) is 4.52. The second-order valence-corrected chi connectivity index (χ2v) is 5.30. The molecule has 0 heterocycles. The molecule has 0 N–H and O–H groups in total. The minimum absolute atomic E-state index is 0.582. The van der Waals surface area contributed by atoms with Crippen molar-refractivity contribution >= 4 is 17.9 Å². The van der Waals surface area contributed by atoms with Gasteiger partial charge in [0, 0.05) is 11.4 Å². The van der Waals surface area contributed by atoms with Crippen molar-refractivity contribution in [3.63, 3.8) is 0 Å². The zero-order valence-electron chi connectivity index (χ0n) is 10.1. The van der Waals surface area contributed by atoms with Crippen molar-refractivity contribution in [2.75, 3.05) is 0 Å². The van der Waals surface area contributed by atoms with Crippen molar-refractivity contribution in [1.82, 2.24) is 0 Å². The number of halogens is 1. The predicted molar refractivity (Wildman–Crippen MR) is 71.7 cm³/mol. The first-order valence-corrected chi connectivity index (χ1v) is 6.91. The minimum atomic E-state index is 0.582. The van der Waals surface area contributed by atoms with E-state index >= 15 is 0 Å². The number of hydrogen-bond acceptors (Lipinski definition) is 1. The van der Waals surface area contributed by atoms with Crippen molar-refractivity contribution in [2.45, 2.75) is 50.9 Å². The van der Waals surface area contributed by atoms with Gasteiger partial charge in [-0.15, -0.1) is 0 Å². The van der Waals surface area contributed by atoms with E-state index in [0.29, 0.717) is 12.3 Å². The summed E-state index contributed by atoms with van der Waals surface area (Å²) in [5, 5.41) is 0.889. The largest absolute Gasteiger partial charge is 0.303 e. The Morgan fingerprint density at radius 1 is 1.24 bits per heavy atom. The number of carbonyl (C=O) groups excluding carboxylic acids is 1. The summed E-state index contributed by atoms with van der Waals surface area (Å²) in [6.07, 6.45) is 8.91. The molecular formula is C15H19ClO. The molecule has 0 unspecified atom stereocenters. The van der Waals surface area contributed by atoms with E-state index in [4.69, 9.17) is 11.6 Å². The van der Waals surface area contributed by atoms with Crippen LogP contribution in [0.1, 0.15) is 55.6 Å². The molecule has 0 aliphatic heterocycles. The molecule has 0 spiro atoms. The lowest BCUT2D eigenvalue weighted by molar-refractivity contribution is -0.107. The first-order valence-electron chi connectivity index (χ1n) is 6.53. The third kappa shape index (κ3) is 3.32. The van der Waals surface area contributed by atoms with Crippen molar-refractivity contribution in [3.05, 3.63) is 34.3 Å². The highest BCUT2D eigenvalue weighted by atomic mass is 35.5. The smallest absolute Gasteiger partial charge is 0.120 e. The second kappa shape index (κ2) is 6.20. The van der Waals surface area contributed by atoms with Gasteiger partial charge in [0.05, 0.1) is 0 Å². The Balaban J connectivity index is 2.10. The molecule has 1 aliphatic rings. The van der Waals surface area contributed by atoms with Crippen molar-refractivity contribution in [1.29, 1.82) is 0 Å². The second-order valence-electron chi connectivity index (χ2n) is 4.90. The van der Waals surface area contributed by atoms with Crippen LogP contribution in [0, 0.1) is 0 Å². The van der Waals surface area contributed by atoms with Crippen LogP contribution in [0.2, 0.25) is 5.02 Å². The highest BCUT2D eigenvalue weighted by molar-refractivity contribution is 6.31. The molecule has 1 aliphatic carbocycles. The monoisotopic (exact) mass is 250 g/mol. The molecule has 1 nitrogen and oxygen atoms in total. The summed E-state index contributed by atoms with van der Waals surface area (Å²) >= 11 is 6.35. The van der Waals surface area contributed by atoms with Gasteiger partial charge in [-0.3, -0.25) is 0 Å². The number of hydrogen-bond donors (Lipinski definition) is 0. The first kappa shape index (κ1) is 12.6. The molecule has 1 aromatic carbocycles. The fourth-order valence-electron chi connectivity index (χ4n) is 2.70. The zero-order valence-corrected chi connectivity index (χ0v) is 10.9. The number of aryl methyl sites for hydroxylation is 1.